The van der Waals surface area contributed by atoms with Crippen molar-refractivity contribution in [3.63, 3.8) is 0 Å². The van der Waals surface area contributed by atoms with E-state index in [0.29, 0.717) is 11.5 Å². The van der Waals surface area contributed by atoms with Crippen LogP contribution in [0.5, 0.6) is 0 Å². The molecule has 1 saturated carbocycles. The Hall–Kier alpha value is -0.0800. The minimum absolute atomic E-state index is 0.553. The van der Waals surface area contributed by atoms with Crippen LogP contribution in [0.15, 0.2) is 0 Å². The van der Waals surface area contributed by atoms with E-state index >= 15 is 0 Å². The van der Waals surface area contributed by atoms with Crippen molar-refractivity contribution in [2.45, 2.75) is 45.6 Å². The van der Waals surface area contributed by atoms with Gasteiger partial charge in [-0.1, -0.05) is 13.8 Å². The van der Waals surface area contributed by atoms with Crippen LogP contribution in [0.1, 0.15) is 39.5 Å². The Morgan fingerprint density at radius 3 is 2.20 bits per heavy atom. The zero-order chi connectivity index (χ0) is 7.61. The van der Waals surface area contributed by atoms with E-state index in [-0.39, 0.29) is 0 Å². The first-order valence-electron chi connectivity index (χ1n) is 4.25. The van der Waals surface area contributed by atoms with Crippen LogP contribution in [0.4, 0.5) is 0 Å². The van der Waals surface area contributed by atoms with Crippen LogP contribution < -0.4 is 11.3 Å². The van der Waals surface area contributed by atoms with E-state index in [1.54, 1.807) is 0 Å². The molecule has 0 saturated heterocycles. The topological polar surface area (TPSA) is 38.0 Å². The van der Waals surface area contributed by atoms with Crippen LogP contribution in [0.2, 0.25) is 0 Å². The summed E-state index contributed by atoms with van der Waals surface area (Å²) in [6.07, 6.45) is 5.17. The molecule has 10 heavy (non-hydrogen) atoms. The second-order valence-corrected chi connectivity index (χ2v) is 3.34. The van der Waals surface area contributed by atoms with Crippen molar-refractivity contribution >= 4 is 0 Å². The molecule has 2 heteroatoms. The predicted octanol–water partition coefficient (Wildman–Crippen LogP) is 1.42. The molecule has 3 N–H and O–H groups in total. The molecule has 0 aliphatic heterocycles. The second-order valence-electron chi connectivity index (χ2n) is 3.34. The zero-order valence-corrected chi connectivity index (χ0v) is 6.98. The van der Waals surface area contributed by atoms with Crippen LogP contribution in [0.25, 0.3) is 0 Å². The Labute approximate surface area is 63.1 Å². The van der Waals surface area contributed by atoms with Gasteiger partial charge in [-0.05, 0) is 31.1 Å². The Morgan fingerprint density at radius 2 is 2.10 bits per heavy atom. The first-order valence-corrected chi connectivity index (χ1v) is 4.25. The third-order valence-electron chi connectivity index (χ3n) is 2.94. The fraction of sp³-hybridized carbons (Fsp3) is 1.00. The van der Waals surface area contributed by atoms with E-state index in [0.717, 1.165) is 6.42 Å². The summed E-state index contributed by atoms with van der Waals surface area (Å²) in [5.74, 6) is 5.43. The quantitative estimate of drug-likeness (QED) is 0.460. The molecule has 1 unspecified atom stereocenters. The number of rotatable bonds is 4. The summed E-state index contributed by atoms with van der Waals surface area (Å²) in [6.45, 7) is 4.45. The lowest BCUT2D eigenvalue weighted by Crippen LogP contribution is -2.41. The summed E-state index contributed by atoms with van der Waals surface area (Å²) in [5.41, 5.74) is 3.48. The van der Waals surface area contributed by atoms with Gasteiger partial charge in [0.05, 0.1) is 0 Å². The molecule has 0 radical (unpaired) electrons. The first kappa shape index (κ1) is 8.02. The minimum Gasteiger partial charge on any atom is -0.271 e. The third kappa shape index (κ3) is 1.18. The maximum Gasteiger partial charge on any atom is 0.0264 e. The summed E-state index contributed by atoms with van der Waals surface area (Å²) >= 11 is 0. The van der Waals surface area contributed by atoms with Crippen LogP contribution in [-0.4, -0.2) is 6.04 Å². The monoisotopic (exact) mass is 142 g/mol. The van der Waals surface area contributed by atoms with Crippen molar-refractivity contribution in [1.29, 1.82) is 0 Å². The summed E-state index contributed by atoms with van der Waals surface area (Å²) in [4.78, 5) is 0. The molecule has 1 fully saturated rings. The Balaban J connectivity index is 2.43. The van der Waals surface area contributed by atoms with E-state index in [1.807, 2.05) is 0 Å². The van der Waals surface area contributed by atoms with Gasteiger partial charge in [0.1, 0.15) is 0 Å². The number of nitrogens with one attached hydrogen (secondary N) is 1. The van der Waals surface area contributed by atoms with Gasteiger partial charge in [0.2, 0.25) is 0 Å². The van der Waals surface area contributed by atoms with Crippen LogP contribution in [0.3, 0.4) is 0 Å². The summed E-state index contributed by atoms with van der Waals surface area (Å²) in [7, 11) is 0. The van der Waals surface area contributed by atoms with Gasteiger partial charge in [0.25, 0.3) is 0 Å². The highest BCUT2D eigenvalue weighted by molar-refractivity contribution is 4.99. The van der Waals surface area contributed by atoms with Gasteiger partial charge in [-0.15, -0.1) is 0 Å². The lowest BCUT2D eigenvalue weighted by molar-refractivity contribution is 0.316. The number of hydrogen-bond donors (Lipinski definition) is 2. The lowest BCUT2D eigenvalue weighted by Gasteiger charge is -2.23. The molecule has 0 aromatic carbocycles. The second kappa shape index (κ2) is 2.89. The lowest BCUT2D eigenvalue weighted by atomic mass is 9.92. The highest BCUT2D eigenvalue weighted by atomic mass is 15.2. The summed E-state index contributed by atoms with van der Waals surface area (Å²) < 4.78 is 0. The highest BCUT2D eigenvalue weighted by Gasteiger charge is 2.46. The van der Waals surface area contributed by atoms with Gasteiger partial charge >= 0.3 is 0 Å². The average molecular weight is 142 g/mol. The van der Waals surface area contributed by atoms with Gasteiger partial charge in [-0.3, -0.25) is 11.3 Å². The molecule has 0 aromatic rings. The van der Waals surface area contributed by atoms with Gasteiger partial charge in [0, 0.05) is 6.04 Å². The molecule has 0 amide bonds. The molecule has 2 nitrogen and oxygen atoms in total. The van der Waals surface area contributed by atoms with Crippen molar-refractivity contribution < 1.29 is 0 Å². The smallest absolute Gasteiger partial charge is 0.0264 e. The van der Waals surface area contributed by atoms with E-state index < -0.39 is 0 Å². The van der Waals surface area contributed by atoms with Crippen molar-refractivity contribution in [2.75, 3.05) is 0 Å². The molecular weight excluding hydrogens is 124 g/mol. The van der Waals surface area contributed by atoms with Crippen molar-refractivity contribution in [2.24, 2.45) is 11.3 Å². The van der Waals surface area contributed by atoms with Gasteiger partial charge in [0.15, 0.2) is 0 Å². The van der Waals surface area contributed by atoms with Crippen LogP contribution in [-0.2, 0) is 0 Å². The number of hydrazine groups is 1. The van der Waals surface area contributed by atoms with Gasteiger partial charge < -0.3 is 0 Å². The van der Waals surface area contributed by atoms with Crippen molar-refractivity contribution in [3.05, 3.63) is 0 Å². The minimum atomic E-state index is 0.553. The maximum atomic E-state index is 5.43. The van der Waals surface area contributed by atoms with Crippen LogP contribution >= 0.6 is 0 Å². The average Bonchev–Trinajstić information content (AvgIpc) is 2.72. The van der Waals surface area contributed by atoms with E-state index in [9.17, 15) is 0 Å². The fourth-order valence-corrected chi connectivity index (χ4v) is 1.84. The largest absolute Gasteiger partial charge is 0.271 e. The van der Waals surface area contributed by atoms with Gasteiger partial charge in [-0.25, -0.2) is 0 Å². The molecule has 1 aliphatic rings. The fourth-order valence-electron chi connectivity index (χ4n) is 1.84. The molecule has 0 heterocycles. The number of hydrogen-bond acceptors (Lipinski definition) is 2. The SMILES string of the molecule is CCC(NN)C1(CC)CC1. The molecule has 1 aliphatic carbocycles. The van der Waals surface area contributed by atoms with Crippen molar-refractivity contribution in [1.82, 2.24) is 5.43 Å². The van der Waals surface area contributed by atoms with Gasteiger partial charge in [-0.2, -0.15) is 0 Å². The van der Waals surface area contributed by atoms with E-state index in [1.165, 1.54) is 19.3 Å². The molecule has 0 aromatic heterocycles. The summed E-state index contributed by atoms with van der Waals surface area (Å²) in [6, 6.07) is 0.553. The third-order valence-corrected chi connectivity index (χ3v) is 2.94. The Kier molecular flexibility index (Phi) is 2.32. The normalized spacial score (nSPS) is 24.3. The summed E-state index contributed by atoms with van der Waals surface area (Å²) in [5, 5.41) is 0. The molecule has 0 spiro atoms. The number of nitrogens with two attached hydrogens (primary N) is 1. The van der Waals surface area contributed by atoms with E-state index in [2.05, 4.69) is 19.3 Å². The highest BCUT2D eigenvalue weighted by Crippen LogP contribution is 2.52. The standard InChI is InChI=1S/C8H18N2/c1-3-7(10-9)8(4-2)5-6-8/h7,10H,3-6,9H2,1-2H3. The molecule has 1 rings (SSSR count). The Morgan fingerprint density at radius 1 is 1.50 bits per heavy atom. The maximum absolute atomic E-state index is 5.43. The van der Waals surface area contributed by atoms with E-state index in [4.69, 9.17) is 5.84 Å². The predicted molar refractivity (Wildman–Crippen MR) is 43.4 cm³/mol. The molecular formula is C8H18N2. The first-order chi connectivity index (χ1) is 4.79. The molecule has 0 bridgehead atoms. The van der Waals surface area contributed by atoms with Crippen molar-refractivity contribution in [3.8, 4) is 0 Å². The Bertz CT molecular complexity index is 104. The van der Waals surface area contributed by atoms with Crippen LogP contribution in [0, 0.1) is 5.41 Å². The zero-order valence-electron chi connectivity index (χ0n) is 6.98. The molecule has 60 valence electrons. The molecule has 1 atom stereocenters.